The molecule has 1 aromatic rings. The van der Waals surface area contributed by atoms with Crippen molar-refractivity contribution in [1.82, 2.24) is 5.32 Å². The van der Waals surface area contributed by atoms with Crippen LogP contribution in [0.5, 0.6) is 0 Å². The van der Waals surface area contributed by atoms with Crippen molar-refractivity contribution in [2.45, 2.75) is 24.3 Å². The highest BCUT2D eigenvalue weighted by Crippen LogP contribution is 2.18. The first-order chi connectivity index (χ1) is 8.13. The summed E-state index contributed by atoms with van der Waals surface area (Å²) in [5.74, 6) is -0.0565. The van der Waals surface area contributed by atoms with E-state index in [1.807, 2.05) is 6.92 Å². The number of thioether (sulfide) groups is 1. The molecule has 0 heterocycles. The van der Waals surface area contributed by atoms with Crippen LogP contribution in [0.15, 0.2) is 29.2 Å². The van der Waals surface area contributed by atoms with Gasteiger partial charge in [0.1, 0.15) is 5.82 Å². The molecule has 0 aliphatic rings. The third kappa shape index (κ3) is 5.19. The van der Waals surface area contributed by atoms with Gasteiger partial charge in [-0.2, -0.15) is 0 Å². The number of rotatable bonds is 7. The van der Waals surface area contributed by atoms with Gasteiger partial charge >= 0.3 is 0 Å². The van der Waals surface area contributed by atoms with Crippen LogP contribution in [-0.2, 0) is 4.79 Å². The summed E-state index contributed by atoms with van der Waals surface area (Å²) in [4.78, 5) is 12.1. The lowest BCUT2D eigenvalue weighted by Crippen LogP contribution is -2.43. The summed E-state index contributed by atoms with van der Waals surface area (Å²) in [6.45, 7) is 2.79. The van der Waals surface area contributed by atoms with E-state index in [0.717, 1.165) is 17.9 Å². The summed E-state index contributed by atoms with van der Waals surface area (Å²) >= 11 is 1.49. The topological polar surface area (TPSA) is 55.1 Å². The minimum atomic E-state index is -0.354. The van der Waals surface area contributed by atoms with Gasteiger partial charge in [0.15, 0.2) is 0 Å². The number of hydrogen-bond acceptors (Lipinski definition) is 3. The van der Waals surface area contributed by atoms with Crippen LogP contribution in [0.2, 0.25) is 0 Å². The van der Waals surface area contributed by atoms with E-state index in [1.165, 1.54) is 23.9 Å². The third-order valence-electron chi connectivity index (χ3n) is 2.21. The van der Waals surface area contributed by atoms with Gasteiger partial charge in [0.25, 0.3) is 0 Å². The zero-order valence-electron chi connectivity index (χ0n) is 9.78. The molecule has 0 bridgehead atoms. The first-order valence-electron chi connectivity index (χ1n) is 5.54. The van der Waals surface area contributed by atoms with Gasteiger partial charge in [-0.25, -0.2) is 4.39 Å². The van der Waals surface area contributed by atoms with Crippen molar-refractivity contribution < 1.29 is 9.18 Å². The number of benzene rings is 1. The van der Waals surface area contributed by atoms with Crippen molar-refractivity contribution in [2.24, 2.45) is 5.73 Å². The van der Waals surface area contributed by atoms with Crippen molar-refractivity contribution in [1.29, 1.82) is 0 Å². The Balaban J connectivity index is 2.45. The quantitative estimate of drug-likeness (QED) is 0.731. The van der Waals surface area contributed by atoms with E-state index in [1.54, 1.807) is 12.1 Å². The average molecular weight is 256 g/mol. The number of carbonyl (C=O) groups is 1. The molecule has 0 saturated carbocycles. The van der Waals surface area contributed by atoms with Crippen molar-refractivity contribution in [3.63, 3.8) is 0 Å². The van der Waals surface area contributed by atoms with Crippen LogP contribution in [0, 0.1) is 5.82 Å². The number of nitrogens with one attached hydrogen (secondary N) is 1. The van der Waals surface area contributed by atoms with Crippen LogP contribution in [-0.4, -0.2) is 24.2 Å². The standard InChI is InChI=1S/C12H17FN2OS/c1-2-7-15-11(12(14)16)8-17-10-5-3-9(13)4-6-10/h3-6,11,15H,2,7-8H2,1H3,(H2,14,16). The van der Waals surface area contributed by atoms with E-state index in [0.29, 0.717) is 5.75 Å². The molecule has 0 aliphatic heterocycles. The number of hydrogen-bond donors (Lipinski definition) is 2. The molecule has 1 aromatic carbocycles. The maximum absolute atomic E-state index is 12.7. The highest BCUT2D eigenvalue weighted by atomic mass is 32.2. The zero-order chi connectivity index (χ0) is 12.7. The lowest BCUT2D eigenvalue weighted by Gasteiger charge is -2.14. The molecule has 94 valence electrons. The second-order valence-electron chi connectivity index (χ2n) is 3.67. The van der Waals surface area contributed by atoms with Gasteiger partial charge in [0, 0.05) is 10.6 Å². The fourth-order valence-corrected chi connectivity index (χ4v) is 2.24. The number of halogens is 1. The number of primary amides is 1. The number of carbonyl (C=O) groups excluding carboxylic acids is 1. The number of amides is 1. The predicted molar refractivity (Wildman–Crippen MR) is 68.4 cm³/mol. The molecule has 1 rings (SSSR count). The minimum Gasteiger partial charge on any atom is -0.368 e. The summed E-state index contributed by atoms with van der Waals surface area (Å²) in [6.07, 6.45) is 0.949. The Morgan fingerprint density at radius 1 is 1.47 bits per heavy atom. The molecule has 0 aliphatic carbocycles. The van der Waals surface area contributed by atoms with Crippen molar-refractivity contribution >= 4 is 17.7 Å². The van der Waals surface area contributed by atoms with E-state index < -0.39 is 0 Å². The van der Waals surface area contributed by atoms with E-state index in [2.05, 4.69) is 5.32 Å². The summed E-state index contributed by atoms with van der Waals surface area (Å²) in [6, 6.07) is 5.85. The van der Waals surface area contributed by atoms with E-state index >= 15 is 0 Å². The van der Waals surface area contributed by atoms with E-state index in [4.69, 9.17) is 5.73 Å². The smallest absolute Gasteiger partial charge is 0.235 e. The van der Waals surface area contributed by atoms with Gasteiger partial charge < -0.3 is 11.1 Å². The molecule has 0 aromatic heterocycles. The fourth-order valence-electron chi connectivity index (χ4n) is 1.27. The molecule has 0 spiro atoms. The molecular weight excluding hydrogens is 239 g/mol. The maximum atomic E-state index is 12.7. The van der Waals surface area contributed by atoms with Crippen molar-refractivity contribution in [3.05, 3.63) is 30.1 Å². The molecule has 0 fully saturated rings. The second kappa shape index (κ2) is 7.29. The van der Waals surface area contributed by atoms with Crippen molar-refractivity contribution in [2.75, 3.05) is 12.3 Å². The summed E-state index contributed by atoms with van der Waals surface area (Å²) in [5, 5.41) is 3.08. The van der Waals surface area contributed by atoms with Crippen molar-refractivity contribution in [3.8, 4) is 0 Å². The van der Waals surface area contributed by atoms with Crippen LogP contribution < -0.4 is 11.1 Å². The number of nitrogens with two attached hydrogens (primary N) is 1. The highest BCUT2D eigenvalue weighted by molar-refractivity contribution is 7.99. The van der Waals surface area contributed by atoms with Crippen LogP contribution in [0.3, 0.4) is 0 Å². The van der Waals surface area contributed by atoms with E-state index in [-0.39, 0.29) is 17.8 Å². The Morgan fingerprint density at radius 3 is 2.65 bits per heavy atom. The lowest BCUT2D eigenvalue weighted by atomic mass is 10.3. The third-order valence-corrected chi connectivity index (χ3v) is 3.32. The monoisotopic (exact) mass is 256 g/mol. The molecule has 1 amide bonds. The largest absolute Gasteiger partial charge is 0.368 e. The average Bonchev–Trinajstić information content (AvgIpc) is 2.31. The molecule has 0 saturated heterocycles. The minimum absolute atomic E-state index is 0.259. The van der Waals surface area contributed by atoms with E-state index in [9.17, 15) is 9.18 Å². The molecule has 0 radical (unpaired) electrons. The van der Waals surface area contributed by atoms with Gasteiger partial charge in [-0.3, -0.25) is 4.79 Å². The molecule has 1 atom stereocenters. The fraction of sp³-hybridized carbons (Fsp3) is 0.417. The molecule has 3 nitrogen and oxygen atoms in total. The summed E-state index contributed by atoms with van der Waals surface area (Å²) in [7, 11) is 0. The normalized spacial score (nSPS) is 12.4. The van der Waals surface area contributed by atoms with Gasteiger partial charge in [0.2, 0.25) is 5.91 Å². The Hall–Kier alpha value is -1.07. The molecular formula is C12H17FN2OS. The SMILES string of the molecule is CCCNC(CSc1ccc(F)cc1)C(N)=O. The second-order valence-corrected chi connectivity index (χ2v) is 4.77. The Morgan fingerprint density at radius 2 is 2.12 bits per heavy atom. The first kappa shape index (κ1) is 14.0. The Bertz CT molecular complexity index is 356. The van der Waals surface area contributed by atoms with Crippen LogP contribution >= 0.6 is 11.8 Å². The van der Waals surface area contributed by atoms with Gasteiger partial charge in [-0.05, 0) is 37.2 Å². The predicted octanol–water partition coefficient (Wildman–Crippen LogP) is 1.77. The van der Waals surface area contributed by atoms with Crippen LogP contribution in [0.25, 0.3) is 0 Å². The Labute approximate surface area is 105 Å². The van der Waals surface area contributed by atoms with Crippen LogP contribution in [0.1, 0.15) is 13.3 Å². The zero-order valence-corrected chi connectivity index (χ0v) is 10.6. The van der Waals surface area contributed by atoms with Gasteiger partial charge in [-0.15, -0.1) is 11.8 Å². The van der Waals surface area contributed by atoms with Gasteiger partial charge in [-0.1, -0.05) is 6.92 Å². The Kier molecular flexibility index (Phi) is 6.00. The van der Waals surface area contributed by atoms with Crippen LogP contribution in [0.4, 0.5) is 4.39 Å². The molecule has 17 heavy (non-hydrogen) atoms. The molecule has 5 heteroatoms. The summed E-state index contributed by atoms with van der Waals surface area (Å²) in [5.41, 5.74) is 5.29. The molecule has 3 N–H and O–H groups in total. The maximum Gasteiger partial charge on any atom is 0.235 e. The molecule has 1 unspecified atom stereocenters. The lowest BCUT2D eigenvalue weighted by molar-refractivity contribution is -0.119. The van der Waals surface area contributed by atoms with Gasteiger partial charge in [0.05, 0.1) is 6.04 Å². The summed E-state index contributed by atoms with van der Waals surface area (Å²) < 4.78 is 12.7. The highest BCUT2D eigenvalue weighted by Gasteiger charge is 2.14. The first-order valence-corrected chi connectivity index (χ1v) is 6.53.